The summed E-state index contributed by atoms with van der Waals surface area (Å²) in [4.78, 5) is 23.0. The molecule has 0 atom stereocenters. The van der Waals surface area contributed by atoms with Gasteiger partial charge in [-0.25, -0.2) is 4.79 Å². The van der Waals surface area contributed by atoms with Crippen LogP contribution in [0, 0.1) is 13.8 Å². The molecule has 0 unspecified atom stereocenters. The Morgan fingerprint density at radius 3 is 2.40 bits per heavy atom. The van der Waals surface area contributed by atoms with Gasteiger partial charge < -0.3 is 15.0 Å². The van der Waals surface area contributed by atoms with Gasteiger partial charge in [0, 0.05) is 11.9 Å². The Bertz CT molecular complexity index is 639. The summed E-state index contributed by atoms with van der Waals surface area (Å²) in [6.45, 7) is 3.81. The van der Waals surface area contributed by atoms with Gasteiger partial charge in [0.1, 0.15) is 12.2 Å². The van der Waals surface area contributed by atoms with Crippen LogP contribution in [0.25, 0.3) is 0 Å². The number of carbonyl (C=O) groups is 2. The summed E-state index contributed by atoms with van der Waals surface area (Å²) in [5.74, 6) is -1.30. The lowest BCUT2D eigenvalue weighted by molar-refractivity contribution is -0.116. The fourth-order valence-electron chi connectivity index (χ4n) is 2.09. The molecule has 20 heavy (non-hydrogen) atoms. The number of anilines is 1. The molecule has 1 aromatic heterocycles. The number of nitrogens with one attached hydrogen (secondary N) is 1. The zero-order chi connectivity index (χ0) is 14.7. The number of aromatic carboxylic acids is 1. The van der Waals surface area contributed by atoms with E-state index in [9.17, 15) is 9.59 Å². The lowest BCUT2D eigenvalue weighted by Crippen LogP contribution is -2.21. The summed E-state index contributed by atoms with van der Waals surface area (Å²) in [7, 11) is 0. The highest BCUT2D eigenvalue weighted by molar-refractivity contribution is 5.93. The third-order valence-corrected chi connectivity index (χ3v) is 3.11. The molecule has 0 saturated carbocycles. The van der Waals surface area contributed by atoms with Crippen molar-refractivity contribution in [3.8, 4) is 0 Å². The molecular weight excluding hydrogens is 256 g/mol. The number of hydrogen-bond acceptors (Lipinski definition) is 2. The van der Waals surface area contributed by atoms with Gasteiger partial charge >= 0.3 is 5.97 Å². The topological polar surface area (TPSA) is 71.3 Å². The standard InChI is InChI=1S/C15H16N2O3/c1-10-5-3-6-11(2)14(10)16-13(18)9-17-8-4-7-12(17)15(19)20/h3-8H,9H2,1-2H3,(H,16,18)(H,19,20). The highest BCUT2D eigenvalue weighted by atomic mass is 16.4. The molecule has 2 N–H and O–H groups in total. The lowest BCUT2D eigenvalue weighted by Gasteiger charge is -2.12. The van der Waals surface area contributed by atoms with Crippen LogP contribution in [0.15, 0.2) is 36.5 Å². The second-order valence-electron chi connectivity index (χ2n) is 4.64. The van der Waals surface area contributed by atoms with Crippen LogP contribution in [0.3, 0.4) is 0 Å². The molecule has 0 saturated heterocycles. The first kappa shape index (κ1) is 13.9. The van der Waals surface area contributed by atoms with E-state index in [-0.39, 0.29) is 18.1 Å². The monoisotopic (exact) mass is 272 g/mol. The first-order valence-corrected chi connectivity index (χ1v) is 6.23. The van der Waals surface area contributed by atoms with E-state index in [1.54, 1.807) is 12.3 Å². The zero-order valence-electron chi connectivity index (χ0n) is 11.4. The Kier molecular flexibility index (Phi) is 3.89. The molecule has 1 amide bonds. The Hall–Kier alpha value is -2.56. The number of carbonyl (C=O) groups excluding carboxylic acids is 1. The predicted octanol–water partition coefficient (Wildman–Crippen LogP) is 2.44. The van der Waals surface area contributed by atoms with Gasteiger partial charge in [-0.05, 0) is 37.1 Å². The van der Waals surface area contributed by atoms with Gasteiger partial charge in [-0.15, -0.1) is 0 Å². The van der Waals surface area contributed by atoms with Crippen molar-refractivity contribution in [2.24, 2.45) is 0 Å². The van der Waals surface area contributed by atoms with E-state index < -0.39 is 5.97 Å². The molecule has 1 aromatic carbocycles. The second kappa shape index (κ2) is 5.61. The molecule has 0 spiro atoms. The maximum atomic E-state index is 12.0. The van der Waals surface area contributed by atoms with E-state index in [4.69, 9.17) is 5.11 Å². The van der Waals surface area contributed by atoms with Crippen molar-refractivity contribution in [2.45, 2.75) is 20.4 Å². The average molecular weight is 272 g/mol. The number of carboxylic acids is 1. The molecular formula is C15H16N2O3. The van der Waals surface area contributed by atoms with Gasteiger partial charge in [0.25, 0.3) is 0 Å². The van der Waals surface area contributed by atoms with Crippen molar-refractivity contribution >= 4 is 17.6 Å². The predicted molar refractivity (Wildman–Crippen MR) is 75.9 cm³/mol. The number of benzene rings is 1. The highest BCUT2D eigenvalue weighted by Gasteiger charge is 2.12. The summed E-state index contributed by atoms with van der Waals surface area (Å²) in [6, 6.07) is 8.83. The Morgan fingerprint density at radius 2 is 1.80 bits per heavy atom. The molecule has 104 valence electrons. The fraction of sp³-hybridized carbons (Fsp3) is 0.200. The van der Waals surface area contributed by atoms with Gasteiger partial charge in [-0.3, -0.25) is 4.79 Å². The SMILES string of the molecule is Cc1cccc(C)c1NC(=O)Cn1cccc1C(=O)O. The molecule has 0 aliphatic carbocycles. The van der Waals surface area contributed by atoms with Gasteiger partial charge in [-0.2, -0.15) is 0 Å². The highest BCUT2D eigenvalue weighted by Crippen LogP contribution is 2.19. The first-order chi connectivity index (χ1) is 9.49. The number of carboxylic acid groups (broad SMARTS) is 1. The minimum Gasteiger partial charge on any atom is -0.477 e. The minimum absolute atomic E-state index is 0.0254. The van der Waals surface area contributed by atoms with Crippen LogP contribution in [0.5, 0.6) is 0 Å². The van der Waals surface area contributed by atoms with Crippen LogP contribution in [0.1, 0.15) is 21.6 Å². The molecule has 2 rings (SSSR count). The number of para-hydroxylation sites is 1. The Balaban J connectivity index is 2.14. The third-order valence-electron chi connectivity index (χ3n) is 3.11. The molecule has 5 heteroatoms. The smallest absolute Gasteiger partial charge is 0.352 e. The van der Waals surface area contributed by atoms with Crippen LogP contribution >= 0.6 is 0 Å². The van der Waals surface area contributed by atoms with Crippen molar-refractivity contribution in [2.75, 3.05) is 5.32 Å². The van der Waals surface area contributed by atoms with E-state index in [0.717, 1.165) is 16.8 Å². The number of nitrogens with zero attached hydrogens (tertiary/aromatic N) is 1. The summed E-state index contributed by atoms with van der Waals surface area (Å²) in [6.07, 6.45) is 1.58. The molecule has 0 aliphatic heterocycles. The van der Waals surface area contributed by atoms with E-state index in [1.807, 2.05) is 32.0 Å². The molecule has 5 nitrogen and oxygen atoms in total. The maximum Gasteiger partial charge on any atom is 0.352 e. The summed E-state index contributed by atoms with van der Waals surface area (Å²) in [5.41, 5.74) is 2.83. The largest absolute Gasteiger partial charge is 0.477 e. The lowest BCUT2D eigenvalue weighted by atomic mass is 10.1. The van der Waals surface area contributed by atoms with Crippen molar-refractivity contribution in [1.82, 2.24) is 4.57 Å². The van der Waals surface area contributed by atoms with E-state index in [1.165, 1.54) is 10.6 Å². The Morgan fingerprint density at radius 1 is 1.15 bits per heavy atom. The zero-order valence-corrected chi connectivity index (χ0v) is 11.4. The van der Waals surface area contributed by atoms with Crippen LogP contribution < -0.4 is 5.32 Å². The van der Waals surface area contributed by atoms with Crippen molar-refractivity contribution in [3.63, 3.8) is 0 Å². The van der Waals surface area contributed by atoms with E-state index in [2.05, 4.69) is 5.32 Å². The van der Waals surface area contributed by atoms with Gasteiger partial charge in [0.05, 0.1) is 0 Å². The molecule has 0 fully saturated rings. The second-order valence-corrected chi connectivity index (χ2v) is 4.64. The van der Waals surface area contributed by atoms with Gasteiger partial charge in [-0.1, -0.05) is 18.2 Å². The third kappa shape index (κ3) is 2.88. The quantitative estimate of drug-likeness (QED) is 0.898. The summed E-state index contributed by atoms with van der Waals surface area (Å²) in [5, 5.41) is 11.8. The minimum atomic E-state index is -1.05. The van der Waals surface area contributed by atoms with Crippen LogP contribution in [-0.4, -0.2) is 21.6 Å². The van der Waals surface area contributed by atoms with Crippen molar-refractivity contribution < 1.29 is 14.7 Å². The molecule has 0 radical (unpaired) electrons. The average Bonchev–Trinajstić information content (AvgIpc) is 2.82. The van der Waals surface area contributed by atoms with Crippen LogP contribution in [0.2, 0.25) is 0 Å². The molecule has 0 aliphatic rings. The maximum absolute atomic E-state index is 12.0. The normalized spacial score (nSPS) is 10.3. The number of amides is 1. The summed E-state index contributed by atoms with van der Waals surface area (Å²) >= 11 is 0. The van der Waals surface area contributed by atoms with Crippen molar-refractivity contribution in [3.05, 3.63) is 53.3 Å². The fourth-order valence-corrected chi connectivity index (χ4v) is 2.09. The van der Waals surface area contributed by atoms with Crippen molar-refractivity contribution in [1.29, 1.82) is 0 Å². The van der Waals surface area contributed by atoms with E-state index >= 15 is 0 Å². The van der Waals surface area contributed by atoms with Crippen LogP contribution in [0.4, 0.5) is 5.69 Å². The molecule has 0 bridgehead atoms. The van der Waals surface area contributed by atoms with Gasteiger partial charge in [0.2, 0.25) is 5.91 Å². The van der Waals surface area contributed by atoms with E-state index in [0.29, 0.717) is 0 Å². The first-order valence-electron chi connectivity index (χ1n) is 6.23. The van der Waals surface area contributed by atoms with Crippen LogP contribution in [-0.2, 0) is 11.3 Å². The molecule has 2 aromatic rings. The number of rotatable bonds is 4. The Labute approximate surface area is 116 Å². The number of aryl methyl sites for hydroxylation is 2. The van der Waals surface area contributed by atoms with Gasteiger partial charge in [0.15, 0.2) is 0 Å². The number of aromatic nitrogens is 1. The summed E-state index contributed by atoms with van der Waals surface area (Å²) < 4.78 is 1.41. The molecule has 1 heterocycles. The number of hydrogen-bond donors (Lipinski definition) is 2.